The molecule has 2 heterocycles. The van der Waals surface area contributed by atoms with Gasteiger partial charge in [-0.25, -0.2) is 8.42 Å². The Balaban J connectivity index is 1.31. The van der Waals surface area contributed by atoms with Crippen molar-refractivity contribution >= 4 is 21.6 Å². The SMILES string of the molecule is O=C(NCCS(=O)(=O)N1CCc2ccccc21)C1CCCN1Cc1ccccc1. The number of hydrogen-bond donors (Lipinski definition) is 1. The lowest BCUT2D eigenvalue weighted by Crippen LogP contribution is -2.45. The quantitative estimate of drug-likeness (QED) is 0.755. The number of nitrogens with zero attached hydrogens (tertiary/aromatic N) is 2. The lowest BCUT2D eigenvalue weighted by atomic mass is 10.1. The van der Waals surface area contributed by atoms with Gasteiger partial charge in [0.15, 0.2) is 0 Å². The molecule has 1 unspecified atom stereocenters. The lowest BCUT2D eigenvalue weighted by molar-refractivity contribution is -0.125. The fourth-order valence-corrected chi connectivity index (χ4v) is 5.69. The van der Waals surface area contributed by atoms with Gasteiger partial charge in [0.25, 0.3) is 0 Å². The van der Waals surface area contributed by atoms with Crippen LogP contribution in [0.4, 0.5) is 5.69 Å². The number of rotatable bonds is 7. The summed E-state index contributed by atoms with van der Waals surface area (Å²) in [5.74, 6) is -0.158. The van der Waals surface area contributed by atoms with Gasteiger partial charge in [0.05, 0.1) is 17.5 Å². The molecule has 7 heteroatoms. The van der Waals surface area contributed by atoms with Crippen LogP contribution in [0.1, 0.15) is 24.0 Å². The number of hydrogen-bond acceptors (Lipinski definition) is 4. The minimum Gasteiger partial charge on any atom is -0.354 e. The van der Waals surface area contributed by atoms with Crippen molar-refractivity contribution in [3.8, 4) is 0 Å². The van der Waals surface area contributed by atoms with E-state index in [0.29, 0.717) is 6.54 Å². The molecule has 6 nitrogen and oxygen atoms in total. The average molecular weight is 414 g/mol. The van der Waals surface area contributed by atoms with Gasteiger partial charge in [-0.15, -0.1) is 0 Å². The molecule has 0 bridgehead atoms. The fraction of sp³-hybridized carbons (Fsp3) is 0.409. The van der Waals surface area contributed by atoms with E-state index in [1.807, 2.05) is 42.5 Å². The number of benzene rings is 2. The fourth-order valence-electron chi connectivity index (χ4n) is 4.26. The number of fused-ring (bicyclic) bond motifs is 1. The van der Waals surface area contributed by atoms with Gasteiger partial charge in [-0.2, -0.15) is 0 Å². The lowest BCUT2D eigenvalue weighted by Gasteiger charge is -2.24. The van der Waals surface area contributed by atoms with E-state index in [2.05, 4.69) is 22.3 Å². The first kappa shape index (κ1) is 19.9. The third-order valence-corrected chi connectivity index (χ3v) is 7.51. The van der Waals surface area contributed by atoms with Crippen molar-refractivity contribution in [1.82, 2.24) is 10.2 Å². The Morgan fingerprint density at radius 3 is 2.62 bits per heavy atom. The van der Waals surface area contributed by atoms with E-state index in [1.54, 1.807) is 0 Å². The molecular weight excluding hydrogens is 386 g/mol. The molecule has 0 saturated carbocycles. The van der Waals surface area contributed by atoms with E-state index < -0.39 is 10.0 Å². The minimum absolute atomic E-state index is 0.0737. The van der Waals surface area contributed by atoms with Crippen LogP contribution in [0.3, 0.4) is 0 Å². The molecule has 1 saturated heterocycles. The molecule has 1 atom stereocenters. The highest BCUT2D eigenvalue weighted by molar-refractivity contribution is 7.92. The molecule has 154 valence electrons. The first-order chi connectivity index (χ1) is 14.0. The molecule has 0 spiro atoms. The summed E-state index contributed by atoms with van der Waals surface area (Å²) >= 11 is 0. The maximum Gasteiger partial charge on any atom is 0.237 e. The predicted molar refractivity (Wildman–Crippen MR) is 114 cm³/mol. The number of anilines is 1. The van der Waals surface area contributed by atoms with Crippen molar-refractivity contribution in [2.45, 2.75) is 31.8 Å². The highest BCUT2D eigenvalue weighted by atomic mass is 32.2. The molecule has 1 amide bonds. The van der Waals surface area contributed by atoms with Gasteiger partial charge in [-0.1, -0.05) is 48.5 Å². The number of likely N-dealkylation sites (tertiary alicyclic amines) is 1. The highest BCUT2D eigenvalue weighted by Crippen LogP contribution is 2.29. The predicted octanol–water partition coefficient (Wildman–Crippen LogP) is 2.16. The van der Waals surface area contributed by atoms with Crippen LogP contribution in [0.2, 0.25) is 0 Å². The third-order valence-electron chi connectivity index (χ3n) is 5.73. The zero-order valence-corrected chi connectivity index (χ0v) is 17.3. The van der Waals surface area contributed by atoms with Crippen molar-refractivity contribution in [3.63, 3.8) is 0 Å². The van der Waals surface area contributed by atoms with E-state index in [4.69, 9.17) is 0 Å². The van der Waals surface area contributed by atoms with Crippen LogP contribution in [0.25, 0.3) is 0 Å². The third kappa shape index (κ3) is 4.46. The van der Waals surface area contributed by atoms with Crippen molar-refractivity contribution in [2.24, 2.45) is 0 Å². The summed E-state index contributed by atoms with van der Waals surface area (Å²) in [6.45, 7) is 2.23. The maximum atomic E-state index is 12.8. The van der Waals surface area contributed by atoms with Gasteiger partial charge in [-0.05, 0) is 43.0 Å². The summed E-state index contributed by atoms with van der Waals surface area (Å²) in [4.78, 5) is 14.9. The number of carbonyl (C=O) groups excluding carboxylic acids is 1. The Bertz CT molecular complexity index is 962. The maximum absolute atomic E-state index is 12.8. The second kappa shape index (κ2) is 8.55. The van der Waals surface area contributed by atoms with Gasteiger partial charge in [0.2, 0.25) is 15.9 Å². The van der Waals surface area contributed by atoms with Gasteiger partial charge >= 0.3 is 0 Å². The number of sulfonamides is 1. The van der Waals surface area contributed by atoms with Gasteiger partial charge in [0.1, 0.15) is 0 Å². The van der Waals surface area contributed by atoms with Gasteiger partial charge in [-0.3, -0.25) is 14.0 Å². The number of para-hydroxylation sites is 1. The van der Waals surface area contributed by atoms with Crippen LogP contribution in [-0.4, -0.2) is 50.7 Å². The van der Waals surface area contributed by atoms with Crippen LogP contribution in [0.15, 0.2) is 54.6 Å². The monoisotopic (exact) mass is 413 g/mol. The van der Waals surface area contributed by atoms with Crippen LogP contribution >= 0.6 is 0 Å². The van der Waals surface area contributed by atoms with Crippen molar-refractivity contribution in [1.29, 1.82) is 0 Å². The number of amides is 1. The Morgan fingerprint density at radius 2 is 1.79 bits per heavy atom. The Kier molecular flexibility index (Phi) is 5.87. The molecule has 1 N–H and O–H groups in total. The Labute approximate surface area is 172 Å². The normalized spacial score (nSPS) is 19.3. The minimum atomic E-state index is -3.45. The summed E-state index contributed by atoms with van der Waals surface area (Å²) in [5.41, 5.74) is 3.01. The van der Waals surface area contributed by atoms with E-state index in [1.165, 1.54) is 9.87 Å². The van der Waals surface area contributed by atoms with E-state index >= 15 is 0 Å². The van der Waals surface area contributed by atoms with Crippen LogP contribution in [-0.2, 0) is 27.8 Å². The van der Waals surface area contributed by atoms with Crippen LogP contribution in [0.5, 0.6) is 0 Å². The Hall–Kier alpha value is -2.38. The summed E-state index contributed by atoms with van der Waals surface area (Å²) in [5, 5.41) is 2.86. The molecule has 0 radical (unpaired) electrons. The van der Waals surface area contributed by atoms with E-state index in [-0.39, 0.29) is 24.2 Å². The second-order valence-electron chi connectivity index (χ2n) is 7.67. The molecule has 2 aliphatic rings. The Morgan fingerprint density at radius 1 is 1.03 bits per heavy atom. The van der Waals surface area contributed by atoms with Crippen molar-refractivity contribution < 1.29 is 13.2 Å². The standard InChI is InChI=1S/C22H27N3O3S/c26-22(21-11-6-14-24(21)17-18-7-2-1-3-8-18)23-13-16-29(27,28)25-15-12-19-9-4-5-10-20(19)25/h1-5,7-10,21H,6,11-17H2,(H,23,26). The number of nitrogens with one attached hydrogen (secondary N) is 1. The second-order valence-corrected chi connectivity index (χ2v) is 9.68. The van der Waals surface area contributed by atoms with Gasteiger partial charge in [0, 0.05) is 19.6 Å². The molecule has 29 heavy (non-hydrogen) atoms. The molecule has 2 aromatic carbocycles. The van der Waals surface area contributed by atoms with Crippen LogP contribution in [0, 0.1) is 0 Å². The molecule has 1 fully saturated rings. The highest BCUT2D eigenvalue weighted by Gasteiger charge is 2.32. The summed E-state index contributed by atoms with van der Waals surface area (Å²) in [7, 11) is -3.45. The first-order valence-corrected chi connectivity index (χ1v) is 11.8. The van der Waals surface area contributed by atoms with E-state index in [9.17, 15) is 13.2 Å². The zero-order valence-electron chi connectivity index (χ0n) is 16.5. The first-order valence-electron chi connectivity index (χ1n) is 10.2. The molecule has 2 aromatic rings. The smallest absolute Gasteiger partial charge is 0.237 e. The zero-order chi connectivity index (χ0) is 20.3. The topological polar surface area (TPSA) is 69.7 Å². The molecular formula is C22H27N3O3S. The average Bonchev–Trinajstić information content (AvgIpc) is 3.36. The summed E-state index contributed by atoms with van der Waals surface area (Å²) in [6, 6.07) is 17.5. The van der Waals surface area contributed by atoms with Crippen molar-refractivity contribution in [2.75, 3.05) is 29.7 Å². The largest absolute Gasteiger partial charge is 0.354 e. The van der Waals surface area contributed by atoms with Gasteiger partial charge < -0.3 is 5.32 Å². The molecule has 2 aliphatic heterocycles. The summed E-state index contributed by atoms with van der Waals surface area (Å²) < 4.78 is 27.0. The molecule has 0 aliphatic carbocycles. The molecule has 4 rings (SSSR count). The van der Waals surface area contributed by atoms with Crippen LogP contribution < -0.4 is 9.62 Å². The van der Waals surface area contributed by atoms with Crippen molar-refractivity contribution in [3.05, 3.63) is 65.7 Å². The summed E-state index contributed by atoms with van der Waals surface area (Å²) in [6.07, 6.45) is 2.52. The van der Waals surface area contributed by atoms with E-state index in [0.717, 1.165) is 43.6 Å². The molecule has 0 aromatic heterocycles. The number of carbonyl (C=O) groups is 1.